The van der Waals surface area contributed by atoms with Gasteiger partial charge in [-0.25, -0.2) is 9.18 Å². The molecule has 0 saturated carbocycles. The Bertz CT molecular complexity index is 487. The number of methoxy groups -OCH3 is 1. The van der Waals surface area contributed by atoms with Crippen LogP contribution in [0.2, 0.25) is 0 Å². The second kappa shape index (κ2) is 5.81. The zero-order valence-corrected chi connectivity index (χ0v) is 9.68. The number of benzene rings is 1. The van der Waals surface area contributed by atoms with Gasteiger partial charge in [-0.1, -0.05) is 6.58 Å². The molecule has 0 spiro atoms. The third-order valence-electron chi connectivity index (χ3n) is 2.12. The van der Waals surface area contributed by atoms with Crippen molar-refractivity contribution in [3.63, 3.8) is 0 Å². The van der Waals surface area contributed by atoms with E-state index in [0.29, 0.717) is 0 Å². The summed E-state index contributed by atoms with van der Waals surface area (Å²) in [4.78, 5) is 22.0. The van der Waals surface area contributed by atoms with Gasteiger partial charge in [-0.05, 0) is 18.2 Å². The minimum Gasteiger partial charge on any atom is -0.474 e. The Morgan fingerprint density at radius 3 is 2.61 bits per heavy atom. The number of primary amides is 1. The van der Waals surface area contributed by atoms with Crippen LogP contribution in [0.25, 0.3) is 0 Å². The minimum atomic E-state index is -1.05. The summed E-state index contributed by atoms with van der Waals surface area (Å²) in [6, 6.07) is 3.45. The van der Waals surface area contributed by atoms with E-state index in [4.69, 9.17) is 10.5 Å². The van der Waals surface area contributed by atoms with Gasteiger partial charge in [0.15, 0.2) is 0 Å². The van der Waals surface area contributed by atoms with Gasteiger partial charge in [-0.15, -0.1) is 0 Å². The van der Waals surface area contributed by atoms with Crippen LogP contribution in [0.15, 0.2) is 30.9 Å². The number of carbonyl (C=O) groups excluding carboxylic acids is 2. The molecule has 6 heteroatoms. The fourth-order valence-electron chi connectivity index (χ4n) is 1.22. The fraction of sp³-hybridized carbons (Fsp3) is 0.167. The van der Waals surface area contributed by atoms with Crippen molar-refractivity contribution < 1.29 is 23.5 Å². The van der Waals surface area contributed by atoms with E-state index < -0.39 is 23.8 Å². The van der Waals surface area contributed by atoms with Crippen molar-refractivity contribution >= 4 is 11.9 Å². The average Bonchev–Trinajstić information content (AvgIpc) is 2.34. The molecule has 1 atom stereocenters. The van der Waals surface area contributed by atoms with Gasteiger partial charge < -0.3 is 15.2 Å². The number of nitrogens with two attached hydrogens (primary N) is 1. The van der Waals surface area contributed by atoms with Crippen molar-refractivity contribution in [2.45, 2.75) is 6.10 Å². The maximum Gasteiger partial charge on any atom is 0.351 e. The molecule has 0 aliphatic carbocycles. The fourth-order valence-corrected chi connectivity index (χ4v) is 1.22. The van der Waals surface area contributed by atoms with Gasteiger partial charge in [-0.3, -0.25) is 4.79 Å². The van der Waals surface area contributed by atoms with Crippen molar-refractivity contribution in [3.8, 4) is 5.75 Å². The lowest BCUT2D eigenvalue weighted by atomic mass is 10.2. The van der Waals surface area contributed by atoms with Crippen LogP contribution in [0.5, 0.6) is 5.75 Å². The predicted molar refractivity (Wildman–Crippen MR) is 61.5 cm³/mol. The number of amides is 1. The molecule has 0 heterocycles. The molecule has 0 radical (unpaired) electrons. The molecule has 0 aromatic heterocycles. The van der Waals surface area contributed by atoms with Crippen molar-refractivity contribution in [2.75, 3.05) is 7.11 Å². The van der Waals surface area contributed by atoms with Gasteiger partial charge in [-0.2, -0.15) is 0 Å². The van der Waals surface area contributed by atoms with Crippen molar-refractivity contribution in [1.29, 1.82) is 0 Å². The number of esters is 1. The first-order valence-corrected chi connectivity index (χ1v) is 4.96. The highest BCUT2D eigenvalue weighted by Gasteiger charge is 2.18. The standard InChI is InChI=1S/C12H12FNO4/c1-3-10(12(16)17-2)18-7-4-5-8(11(14)15)9(13)6-7/h3-6,10H,1H2,2H3,(H2,14,15). The SMILES string of the molecule is C=CC(Oc1ccc(C(N)=O)c(F)c1)C(=O)OC. The smallest absolute Gasteiger partial charge is 0.351 e. The van der Waals surface area contributed by atoms with Crippen molar-refractivity contribution in [2.24, 2.45) is 5.73 Å². The quantitative estimate of drug-likeness (QED) is 0.628. The van der Waals surface area contributed by atoms with Crippen LogP contribution in [0.1, 0.15) is 10.4 Å². The van der Waals surface area contributed by atoms with Crippen molar-refractivity contribution in [1.82, 2.24) is 0 Å². The van der Waals surface area contributed by atoms with E-state index in [2.05, 4.69) is 11.3 Å². The molecule has 5 nitrogen and oxygen atoms in total. The van der Waals surface area contributed by atoms with E-state index in [1.165, 1.54) is 25.3 Å². The summed E-state index contributed by atoms with van der Waals surface area (Å²) in [7, 11) is 1.19. The van der Waals surface area contributed by atoms with Crippen LogP contribution in [0, 0.1) is 5.82 Å². The highest BCUT2D eigenvalue weighted by Crippen LogP contribution is 2.18. The average molecular weight is 253 g/mol. The maximum absolute atomic E-state index is 13.4. The second-order valence-corrected chi connectivity index (χ2v) is 3.30. The Hall–Kier alpha value is -2.37. The summed E-state index contributed by atoms with van der Waals surface area (Å²) in [6.07, 6.45) is 0.167. The summed E-state index contributed by atoms with van der Waals surface area (Å²) in [5, 5.41) is 0. The molecule has 1 unspecified atom stereocenters. The Morgan fingerprint density at radius 2 is 2.17 bits per heavy atom. The second-order valence-electron chi connectivity index (χ2n) is 3.30. The molecule has 0 fully saturated rings. The lowest BCUT2D eigenvalue weighted by molar-refractivity contribution is -0.146. The highest BCUT2D eigenvalue weighted by atomic mass is 19.1. The van der Waals surface area contributed by atoms with Crippen LogP contribution < -0.4 is 10.5 Å². The zero-order valence-electron chi connectivity index (χ0n) is 9.68. The number of rotatable bonds is 5. The van der Waals surface area contributed by atoms with Gasteiger partial charge in [0, 0.05) is 6.07 Å². The van der Waals surface area contributed by atoms with Gasteiger partial charge in [0.2, 0.25) is 6.10 Å². The Morgan fingerprint density at radius 1 is 1.50 bits per heavy atom. The molecular formula is C12H12FNO4. The third-order valence-corrected chi connectivity index (χ3v) is 2.12. The van der Waals surface area contributed by atoms with Crippen LogP contribution in [-0.4, -0.2) is 25.1 Å². The number of ether oxygens (including phenoxy) is 2. The van der Waals surface area contributed by atoms with Crippen LogP contribution in [0.4, 0.5) is 4.39 Å². The largest absolute Gasteiger partial charge is 0.474 e. The first kappa shape index (κ1) is 13.7. The Labute approximate surface area is 103 Å². The molecule has 0 aliphatic rings. The molecule has 1 aromatic rings. The molecule has 2 N–H and O–H groups in total. The van der Waals surface area contributed by atoms with Crippen LogP contribution in [0.3, 0.4) is 0 Å². The van der Waals surface area contributed by atoms with E-state index in [1.807, 2.05) is 0 Å². The van der Waals surface area contributed by atoms with Gasteiger partial charge in [0.05, 0.1) is 12.7 Å². The number of carbonyl (C=O) groups is 2. The number of hydrogen-bond donors (Lipinski definition) is 1. The monoisotopic (exact) mass is 253 g/mol. The summed E-state index contributed by atoms with van der Waals surface area (Å²) in [5.74, 6) is -2.31. The molecule has 0 aliphatic heterocycles. The lowest BCUT2D eigenvalue weighted by Crippen LogP contribution is -2.26. The first-order valence-electron chi connectivity index (χ1n) is 4.96. The molecule has 1 aromatic carbocycles. The summed E-state index contributed by atoms with van der Waals surface area (Å²) in [5.41, 5.74) is 4.70. The first-order chi connectivity index (χ1) is 8.49. The maximum atomic E-state index is 13.4. The molecule has 18 heavy (non-hydrogen) atoms. The van der Waals surface area contributed by atoms with Crippen LogP contribution in [-0.2, 0) is 9.53 Å². The number of hydrogen-bond acceptors (Lipinski definition) is 4. The van der Waals surface area contributed by atoms with Gasteiger partial charge >= 0.3 is 5.97 Å². The predicted octanol–water partition coefficient (Wildman–Crippen LogP) is 1.03. The van der Waals surface area contributed by atoms with E-state index >= 15 is 0 Å². The zero-order chi connectivity index (χ0) is 13.7. The molecule has 1 rings (SSSR count). The van der Waals surface area contributed by atoms with Gasteiger partial charge in [0.25, 0.3) is 5.91 Å². The molecule has 0 bridgehead atoms. The van der Waals surface area contributed by atoms with E-state index in [1.54, 1.807) is 0 Å². The van der Waals surface area contributed by atoms with E-state index in [-0.39, 0.29) is 11.3 Å². The van der Waals surface area contributed by atoms with Crippen LogP contribution >= 0.6 is 0 Å². The van der Waals surface area contributed by atoms with Gasteiger partial charge in [0.1, 0.15) is 11.6 Å². The Balaban J connectivity index is 2.92. The minimum absolute atomic E-state index is 0.0628. The molecular weight excluding hydrogens is 241 g/mol. The Kier molecular flexibility index (Phi) is 4.42. The molecule has 96 valence electrons. The normalized spacial score (nSPS) is 11.4. The molecule has 1 amide bonds. The summed E-state index contributed by atoms with van der Waals surface area (Å²) >= 11 is 0. The lowest BCUT2D eigenvalue weighted by Gasteiger charge is -2.13. The molecule has 0 saturated heterocycles. The topological polar surface area (TPSA) is 78.6 Å². The highest BCUT2D eigenvalue weighted by molar-refractivity contribution is 5.93. The number of halogens is 1. The van der Waals surface area contributed by atoms with E-state index in [0.717, 1.165) is 6.07 Å². The summed E-state index contributed by atoms with van der Waals surface area (Å²) < 4.78 is 23.0. The summed E-state index contributed by atoms with van der Waals surface area (Å²) in [6.45, 7) is 3.40. The van der Waals surface area contributed by atoms with Crippen molar-refractivity contribution in [3.05, 3.63) is 42.2 Å². The third kappa shape index (κ3) is 3.07. The van der Waals surface area contributed by atoms with E-state index in [9.17, 15) is 14.0 Å².